The lowest BCUT2D eigenvalue weighted by Crippen LogP contribution is -2.38. The third kappa shape index (κ3) is 5.27. The molecule has 1 saturated heterocycles. The van der Waals surface area contributed by atoms with Gasteiger partial charge in [-0.05, 0) is 49.1 Å². The van der Waals surface area contributed by atoms with Crippen LogP contribution in [0, 0.1) is 6.92 Å². The van der Waals surface area contributed by atoms with E-state index in [-0.39, 0.29) is 12.0 Å². The van der Waals surface area contributed by atoms with E-state index in [0.29, 0.717) is 23.3 Å². The number of anilines is 1. The number of amides is 1. The lowest BCUT2D eigenvalue weighted by Gasteiger charge is -2.23. The number of aromatic nitrogens is 1. The average molecular weight is 471 g/mol. The van der Waals surface area contributed by atoms with Crippen LogP contribution in [0.15, 0.2) is 41.3 Å². The van der Waals surface area contributed by atoms with E-state index >= 15 is 0 Å². The van der Waals surface area contributed by atoms with E-state index in [0.717, 1.165) is 46.5 Å². The lowest BCUT2D eigenvalue weighted by atomic mass is 10.1. The molecule has 1 aliphatic heterocycles. The number of carbonyl (C=O) groups excluding carboxylic acids is 1. The first-order valence-corrected chi connectivity index (χ1v) is 12.8. The summed E-state index contributed by atoms with van der Waals surface area (Å²) in [6.07, 6.45) is 2.40. The van der Waals surface area contributed by atoms with Gasteiger partial charge in [-0.1, -0.05) is 43.4 Å². The molecule has 7 heteroatoms. The summed E-state index contributed by atoms with van der Waals surface area (Å²) in [5.74, 6) is 0.774. The number of aryl methyl sites for hydroxylation is 1. The standard InChI is InChI=1S/C25H30N2O3S2/c1-16(2)31-20-10-8-18(9-11-20)14-22(28)27(15-19-6-5-13-30-19)25-26-23-21(29-4)12-7-17(3)24(23)32-25/h7-12,16,19H,5-6,13-15H2,1-4H3. The molecule has 0 spiro atoms. The zero-order chi connectivity index (χ0) is 22.7. The maximum Gasteiger partial charge on any atom is 0.233 e. The summed E-state index contributed by atoms with van der Waals surface area (Å²) in [6.45, 7) is 7.71. The van der Waals surface area contributed by atoms with Gasteiger partial charge in [0.15, 0.2) is 5.13 Å². The predicted octanol–water partition coefficient (Wildman–Crippen LogP) is 5.87. The summed E-state index contributed by atoms with van der Waals surface area (Å²) in [7, 11) is 1.65. The molecule has 0 saturated carbocycles. The molecular formula is C25H30N2O3S2. The molecular weight excluding hydrogens is 440 g/mol. The molecule has 0 aliphatic carbocycles. The Bertz CT molecular complexity index is 1070. The first-order valence-electron chi connectivity index (χ1n) is 11.1. The third-order valence-electron chi connectivity index (χ3n) is 5.50. The number of benzene rings is 2. The second-order valence-corrected chi connectivity index (χ2v) is 11.0. The van der Waals surface area contributed by atoms with Crippen LogP contribution in [0.5, 0.6) is 5.75 Å². The van der Waals surface area contributed by atoms with Gasteiger partial charge in [-0.2, -0.15) is 0 Å². The number of methoxy groups -OCH3 is 1. The van der Waals surface area contributed by atoms with E-state index < -0.39 is 0 Å². The van der Waals surface area contributed by atoms with Crippen molar-refractivity contribution < 1.29 is 14.3 Å². The molecule has 2 heterocycles. The number of fused-ring (bicyclic) bond motifs is 1. The van der Waals surface area contributed by atoms with E-state index in [2.05, 4.69) is 45.0 Å². The molecule has 3 aromatic rings. The second-order valence-electron chi connectivity index (χ2n) is 8.39. The fourth-order valence-electron chi connectivity index (χ4n) is 3.89. The van der Waals surface area contributed by atoms with Gasteiger partial charge in [0, 0.05) is 16.8 Å². The Hall–Kier alpha value is -2.09. The number of thiazole rings is 1. The number of ether oxygens (including phenoxy) is 2. The number of carbonyl (C=O) groups is 1. The van der Waals surface area contributed by atoms with Crippen molar-refractivity contribution in [2.75, 3.05) is 25.2 Å². The fourth-order valence-corrected chi connectivity index (χ4v) is 5.80. The largest absolute Gasteiger partial charge is 0.494 e. The average Bonchev–Trinajstić information content (AvgIpc) is 3.43. The van der Waals surface area contributed by atoms with Gasteiger partial charge in [0.2, 0.25) is 5.91 Å². The molecule has 170 valence electrons. The highest BCUT2D eigenvalue weighted by Gasteiger charge is 2.27. The molecule has 1 atom stereocenters. The summed E-state index contributed by atoms with van der Waals surface area (Å²) >= 11 is 3.37. The van der Waals surface area contributed by atoms with Crippen LogP contribution in [0.3, 0.4) is 0 Å². The van der Waals surface area contributed by atoms with Crippen LogP contribution in [-0.4, -0.2) is 42.5 Å². The van der Waals surface area contributed by atoms with Crippen LogP contribution < -0.4 is 9.64 Å². The molecule has 1 aliphatic rings. The van der Waals surface area contributed by atoms with Crippen LogP contribution in [0.4, 0.5) is 5.13 Å². The van der Waals surface area contributed by atoms with E-state index in [9.17, 15) is 4.79 Å². The maximum atomic E-state index is 13.5. The van der Waals surface area contributed by atoms with Gasteiger partial charge in [-0.15, -0.1) is 11.8 Å². The van der Waals surface area contributed by atoms with Crippen LogP contribution in [0.25, 0.3) is 10.2 Å². The Morgan fingerprint density at radius 1 is 1.28 bits per heavy atom. The highest BCUT2D eigenvalue weighted by Crippen LogP contribution is 2.37. The van der Waals surface area contributed by atoms with Crippen molar-refractivity contribution in [3.8, 4) is 5.75 Å². The number of nitrogens with zero attached hydrogens (tertiary/aromatic N) is 2. The van der Waals surface area contributed by atoms with Crippen molar-refractivity contribution in [3.63, 3.8) is 0 Å². The highest BCUT2D eigenvalue weighted by molar-refractivity contribution is 7.99. The zero-order valence-corrected chi connectivity index (χ0v) is 20.7. The van der Waals surface area contributed by atoms with E-state index in [1.165, 1.54) is 4.90 Å². The molecule has 4 rings (SSSR count). The number of hydrogen-bond acceptors (Lipinski definition) is 6. The molecule has 2 aromatic carbocycles. The predicted molar refractivity (Wildman–Crippen MR) is 133 cm³/mol. The SMILES string of the molecule is COc1ccc(C)c2sc(N(CC3CCCO3)C(=O)Cc3ccc(SC(C)C)cc3)nc12. The van der Waals surface area contributed by atoms with E-state index in [1.54, 1.807) is 18.4 Å². The maximum absolute atomic E-state index is 13.5. The lowest BCUT2D eigenvalue weighted by molar-refractivity contribution is -0.118. The van der Waals surface area contributed by atoms with Gasteiger partial charge in [0.1, 0.15) is 11.3 Å². The molecule has 0 bridgehead atoms. The number of rotatable bonds is 8. The van der Waals surface area contributed by atoms with Gasteiger partial charge in [0.25, 0.3) is 0 Å². The summed E-state index contributed by atoms with van der Waals surface area (Å²) in [4.78, 5) is 21.4. The van der Waals surface area contributed by atoms with Crippen LogP contribution in [0.1, 0.15) is 37.8 Å². The van der Waals surface area contributed by atoms with E-state index in [1.807, 2.05) is 28.8 Å². The fraction of sp³-hybridized carbons (Fsp3) is 0.440. The second kappa shape index (κ2) is 10.2. The Labute approximate surface area is 198 Å². The van der Waals surface area contributed by atoms with Gasteiger partial charge < -0.3 is 9.47 Å². The van der Waals surface area contributed by atoms with E-state index in [4.69, 9.17) is 14.5 Å². The molecule has 0 radical (unpaired) electrons. The van der Waals surface area contributed by atoms with Crippen molar-refractivity contribution in [1.82, 2.24) is 4.98 Å². The highest BCUT2D eigenvalue weighted by atomic mass is 32.2. The van der Waals surface area contributed by atoms with Crippen molar-refractivity contribution in [2.45, 2.75) is 56.3 Å². The Balaban J connectivity index is 1.61. The van der Waals surface area contributed by atoms with Gasteiger partial charge in [-0.3, -0.25) is 9.69 Å². The number of thioether (sulfide) groups is 1. The molecule has 32 heavy (non-hydrogen) atoms. The first-order chi connectivity index (χ1) is 15.4. The van der Waals surface area contributed by atoms with Crippen molar-refractivity contribution in [2.24, 2.45) is 0 Å². The molecule has 1 aromatic heterocycles. The van der Waals surface area contributed by atoms with Crippen LogP contribution in [-0.2, 0) is 16.0 Å². The smallest absolute Gasteiger partial charge is 0.233 e. The normalized spacial score (nSPS) is 16.1. The van der Waals surface area contributed by atoms with Gasteiger partial charge in [0.05, 0.1) is 30.9 Å². The monoisotopic (exact) mass is 470 g/mol. The van der Waals surface area contributed by atoms with Gasteiger partial charge >= 0.3 is 0 Å². The molecule has 1 amide bonds. The molecule has 1 fully saturated rings. The molecule has 1 unspecified atom stereocenters. The first kappa shape index (κ1) is 23.1. The third-order valence-corrected chi connectivity index (χ3v) is 7.73. The van der Waals surface area contributed by atoms with Crippen molar-refractivity contribution in [1.29, 1.82) is 0 Å². The van der Waals surface area contributed by atoms with Crippen LogP contribution >= 0.6 is 23.1 Å². The summed E-state index contributed by atoms with van der Waals surface area (Å²) < 4.78 is 12.4. The minimum Gasteiger partial charge on any atom is -0.494 e. The van der Waals surface area contributed by atoms with Crippen molar-refractivity contribution in [3.05, 3.63) is 47.5 Å². The number of hydrogen-bond donors (Lipinski definition) is 0. The zero-order valence-electron chi connectivity index (χ0n) is 19.1. The minimum atomic E-state index is 0.0421. The van der Waals surface area contributed by atoms with Gasteiger partial charge in [-0.25, -0.2) is 4.98 Å². The van der Waals surface area contributed by atoms with Crippen molar-refractivity contribution >= 4 is 44.4 Å². The molecule has 5 nitrogen and oxygen atoms in total. The summed E-state index contributed by atoms with van der Waals surface area (Å²) in [6, 6.07) is 12.3. The Morgan fingerprint density at radius 2 is 2.06 bits per heavy atom. The van der Waals surface area contributed by atoms with Crippen LogP contribution in [0.2, 0.25) is 0 Å². The summed E-state index contributed by atoms with van der Waals surface area (Å²) in [5, 5.41) is 1.24. The topological polar surface area (TPSA) is 51.7 Å². The molecule has 0 N–H and O–H groups in total. The Morgan fingerprint density at radius 3 is 2.72 bits per heavy atom. The Kier molecular flexibility index (Phi) is 7.38. The summed E-state index contributed by atoms with van der Waals surface area (Å²) in [5.41, 5.74) is 2.95. The minimum absolute atomic E-state index is 0.0421. The quantitative estimate of drug-likeness (QED) is 0.386.